The topological polar surface area (TPSA) is 66.8 Å². The fourth-order valence-electron chi connectivity index (χ4n) is 2.24. The summed E-state index contributed by atoms with van der Waals surface area (Å²) in [5.74, 6) is -1.20. The van der Waals surface area contributed by atoms with Crippen molar-refractivity contribution in [1.29, 1.82) is 0 Å². The third kappa shape index (κ3) is 4.84. The van der Waals surface area contributed by atoms with Crippen molar-refractivity contribution in [3.05, 3.63) is 35.4 Å². The number of ether oxygens (including phenoxy) is 1. The second-order valence-corrected chi connectivity index (χ2v) is 6.38. The third-order valence-electron chi connectivity index (χ3n) is 3.46. The first-order valence-electron chi connectivity index (χ1n) is 7.28. The van der Waals surface area contributed by atoms with Crippen LogP contribution in [0.5, 0.6) is 0 Å². The molecule has 0 saturated heterocycles. The minimum Gasteiger partial charge on any atom is -0.480 e. The lowest BCUT2D eigenvalue weighted by Crippen LogP contribution is -2.42. The Morgan fingerprint density at radius 1 is 1.27 bits per heavy atom. The lowest BCUT2D eigenvalue weighted by molar-refractivity contribution is -0.148. The normalized spacial score (nSPS) is 12.8. The summed E-state index contributed by atoms with van der Waals surface area (Å²) in [5, 5.41) is 9.08. The smallest absolute Gasteiger partial charge is 0.323 e. The zero-order chi connectivity index (χ0) is 16.9. The molecule has 5 nitrogen and oxygen atoms in total. The van der Waals surface area contributed by atoms with Gasteiger partial charge in [-0.1, -0.05) is 45.0 Å². The largest absolute Gasteiger partial charge is 0.480 e. The number of carboxylic acid groups (broad SMARTS) is 1. The zero-order valence-electron chi connectivity index (χ0n) is 13.9. The van der Waals surface area contributed by atoms with Crippen LogP contribution >= 0.6 is 0 Å². The van der Waals surface area contributed by atoms with Crippen molar-refractivity contribution in [2.24, 2.45) is 5.41 Å². The van der Waals surface area contributed by atoms with Gasteiger partial charge in [0.15, 0.2) is 0 Å². The number of carboxylic acids is 1. The highest BCUT2D eigenvalue weighted by Gasteiger charge is 2.29. The summed E-state index contributed by atoms with van der Waals surface area (Å²) in [6.07, 6.45) is -0.118. The molecular weight excluding hydrogens is 282 g/mol. The molecule has 0 radical (unpaired) electrons. The number of aliphatic carboxylic acids is 1. The first-order valence-corrected chi connectivity index (χ1v) is 7.28. The van der Waals surface area contributed by atoms with Crippen molar-refractivity contribution >= 4 is 11.9 Å². The summed E-state index contributed by atoms with van der Waals surface area (Å²) in [6.45, 7) is 7.22. The van der Waals surface area contributed by atoms with Crippen LogP contribution in [0.2, 0.25) is 0 Å². The van der Waals surface area contributed by atoms with E-state index in [9.17, 15) is 9.59 Å². The molecular formula is C17H25NO4. The summed E-state index contributed by atoms with van der Waals surface area (Å²) in [5.41, 5.74) is 1.23. The van der Waals surface area contributed by atoms with Crippen molar-refractivity contribution in [2.75, 3.05) is 13.7 Å². The first-order chi connectivity index (χ1) is 10.2. The number of carbonyl (C=O) groups excluding carboxylic acids is 1. The van der Waals surface area contributed by atoms with Gasteiger partial charge in [0.05, 0.1) is 6.10 Å². The highest BCUT2D eigenvalue weighted by molar-refractivity contribution is 5.85. The number of rotatable bonds is 6. The molecule has 1 aromatic rings. The van der Waals surface area contributed by atoms with Crippen LogP contribution in [0.3, 0.4) is 0 Å². The van der Waals surface area contributed by atoms with Gasteiger partial charge in [-0.05, 0) is 18.1 Å². The van der Waals surface area contributed by atoms with E-state index < -0.39 is 11.4 Å². The number of hydrogen-bond donors (Lipinski definition) is 1. The van der Waals surface area contributed by atoms with Crippen molar-refractivity contribution in [1.82, 2.24) is 4.90 Å². The predicted octanol–water partition coefficient (Wildman–Crippen LogP) is 2.85. The Balaban J connectivity index is 3.10. The lowest BCUT2D eigenvalue weighted by Gasteiger charge is -2.29. The summed E-state index contributed by atoms with van der Waals surface area (Å²) in [7, 11) is 1.62. The Bertz CT molecular complexity index is 534. The summed E-state index contributed by atoms with van der Waals surface area (Å²) in [4.78, 5) is 25.0. The fraction of sp³-hybridized carbons (Fsp3) is 0.529. The molecule has 22 heavy (non-hydrogen) atoms. The van der Waals surface area contributed by atoms with E-state index >= 15 is 0 Å². The van der Waals surface area contributed by atoms with E-state index in [2.05, 4.69) is 0 Å². The Morgan fingerprint density at radius 2 is 1.86 bits per heavy atom. The standard InChI is InChI=1S/C17H25NO4/c1-12(22-5)14-9-7-6-8-13(14)10-18(11-15(19)20)16(21)17(2,3)4/h6-9,12H,10-11H2,1-5H3,(H,19,20). The van der Waals surface area contributed by atoms with Crippen LogP contribution < -0.4 is 0 Å². The van der Waals surface area contributed by atoms with Crippen LogP contribution in [0, 0.1) is 5.41 Å². The number of nitrogens with zero attached hydrogens (tertiary/aromatic N) is 1. The average Bonchev–Trinajstić information content (AvgIpc) is 2.44. The quantitative estimate of drug-likeness (QED) is 0.877. The zero-order valence-corrected chi connectivity index (χ0v) is 13.9. The molecule has 1 unspecified atom stereocenters. The molecule has 0 aliphatic carbocycles. The molecule has 0 aromatic heterocycles. The van der Waals surface area contributed by atoms with Gasteiger partial charge < -0.3 is 14.7 Å². The highest BCUT2D eigenvalue weighted by atomic mass is 16.5. The molecule has 1 rings (SSSR count). The van der Waals surface area contributed by atoms with E-state index in [1.54, 1.807) is 27.9 Å². The summed E-state index contributed by atoms with van der Waals surface area (Å²) in [6, 6.07) is 7.61. The Hall–Kier alpha value is -1.88. The van der Waals surface area contributed by atoms with E-state index in [-0.39, 0.29) is 25.1 Å². The number of hydrogen-bond acceptors (Lipinski definition) is 3. The second kappa shape index (κ2) is 7.40. The van der Waals surface area contributed by atoms with Crippen LogP contribution in [0.4, 0.5) is 0 Å². The van der Waals surface area contributed by atoms with Crippen LogP contribution in [0.25, 0.3) is 0 Å². The van der Waals surface area contributed by atoms with Crippen LogP contribution in [-0.4, -0.2) is 35.5 Å². The molecule has 0 saturated carbocycles. The van der Waals surface area contributed by atoms with Gasteiger partial charge >= 0.3 is 5.97 Å². The van der Waals surface area contributed by atoms with Crippen LogP contribution in [-0.2, 0) is 20.9 Å². The molecule has 1 amide bonds. The van der Waals surface area contributed by atoms with E-state index in [4.69, 9.17) is 9.84 Å². The number of methoxy groups -OCH3 is 1. The monoisotopic (exact) mass is 307 g/mol. The number of amides is 1. The molecule has 1 N–H and O–H groups in total. The molecule has 0 bridgehead atoms. The number of carbonyl (C=O) groups is 2. The Kier molecular flexibility index (Phi) is 6.11. The van der Waals surface area contributed by atoms with Gasteiger partial charge in [-0.25, -0.2) is 0 Å². The van der Waals surface area contributed by atoms with E-state index in [0.29, 0.717) is 0 Å². The second-order valence-electron chi connectivity index (χ2n) is 6.38. The molecule has 0 aliphatic rings. The van der Waals surface area contributed by atoms with Gasteiger partial charge in [-0.2, -0.15) is 0 Å². The third-order valence-corrected chi connectivity index (χ3v) is 3.46. The van der Waals surface area contributed by atoms with Crippen molar-refractivity contribution in [3.8, 4) is 0 Å². The van der Waals surface area contributed by atoms with Gasteiger partial charge in [-0.15, -0.1) is 0 Å². The minimum atomic E-state index is -1.02. The highest BCUT2D eigenvalue weighted by Crippen LogP contribution is 2.24. The van der Waals surface area contributed by atoms with Gasteiger partial charge in [0, 0.05) is 19.1 Å². The Morgan fingerprint density at radius 3 is 2.36 bits per heavy atom. The Labute approximate surface area is 131 Å². The van der Waals surface area contributed by atoms with Crippen molar-refractivity contribution < 1.29 is 19.4 Å². The van der Waals surface area contributed by atoms with Gasteiger partial charge in [0.25, 0.3) is 0 Å². The van der Waals surface area contributed by atoms with Gasteiger partial charge in [0.2, 0.25) is 5.91 Å². The average molecular weight is 307 g/mol. The molecule has 0 aliphatic heterocycles. The summed E-state index contributed by atoms with van der Waals surface area (Å²) >= 11 is 0. The van der Waals surface area contributed by atoms with Gasteiger partial charge in [0.1, 0.15) is 6.54 Å². The minimum absolute atomic E-state index is 0.118. The molecule has 0 heterocycles. The molecule has 1 atom stereocenters. The maximum absolute atomic E-state index is 12.5. The van der Waals surface area contributed by atoms with Crippen LogP contribution in [0.15, 0.2) is 24.3 Å². The first kappa shape index (κ1) is 18.2. The lowest BCUT2D eigenvalue weighted by atomic mass is 9.94. The van der Waals surface area contributed by atoms with E-state index in [1.807, 2.05) is 31.2 Å². The van der Waals surface area contributed by atoms with E-state index in [1.165, 1.54) is 4.90 Å². The SMILES string of the molecule is COC(C)c1ccccc1CN(CC(=O)O)C(=O)C(C)(C)C. The molecule has 122 valence electrons. The number of benzene rings is 1. The molecule has 0 spiro atoms. The fourth-order valence-corrected chi connectivity index (χ4v) is 2.24. The van der Waals surface area contributed by atoms with Crippen LogP contribution in [0.1, 0.15) is 44.9 Å². The molecule has 0 fully saturated rings. The molecule has 5 heteroatoms. The maximum Gasteiger partial charge on any atom is 0.323 e. The van der Waals surface area contributed by atoms with Crippen molar-refractivity contribution in [3.63, 3.8) is 0 Å². The van der Waals surface area contributed by atoms with Gasteiger partial charge in [-0.3, -0.25) is 9.59 Å². The van der Waals surface area contributed by atoms with Crippen molar-refractivity contribution in [2.45, 2.75) is 40.3 Å². The maximum atomic E-state index is 12.5. The van der Waals surface area contributed by atoms with E-state index in [0.717, 1.165) is 11.1 Å². The summed E-state index contributed by atoms with van der Waals surface area (Å²) < 4.78 is 5.35. The molecule has 1 aromatic carbocycles. The predicted molar refractivity (Wildman–Crippen MR) is 84.4 cm³/mol.